The normalized spacial score (nSPS) is 46.2. The number of carbonyl (C=O) groups is 1. The van der Waals surface area contributed by atoms with Crippen LogP contribution in [0.2, 0.25) is 0 Å². The summed E-state index contributed by atoms with van der Waals surface area (Å²) >= 11 is 0. The predicted molar refractivity (Wildman–Crippen MR) is 134 cm³/mol. The van der Waals surface area contributed by atoms with Gasteiger partial charge < -0.3 is 15.7 Å². The molecular formula is C28H45N3O3. The van der Waals surface area contributed by atoms with Crippen LogP contribution in [0.5, 0.6) is 0 Å². The largest absolute Gasteiger partial charge is 0.433 e. The van der Waals surface area contributed by atoms with E-state index < -0.39 is 6.09 Å². The summed E-state index contributed by atoms with van der Waals surface area (Å²) in [7, 11) is 0. The highest BCUT2D eigenvalue weighted by Crippen LogP contribution is 2.66. The van der Waals surface area contributed by atoms with Crippen LogP contribution in [0.25, 0.3) is 0 Å². The summed E-state index contributed by atoms with van der Waals surface area (Å²) in [5.41, 5.74) is 3.03. The zero-order chi connectivity index (χ0) is 24.1. The Morgan fingerprint density at radius 2 is 2.00 bits per heavy atom. The smallest absolute Gasteiger partial charge is 0.389 e. The Morgan fingerprint density at radius 1 is 1.18 bits per heavy atom. The number of nitrogens with one attached hydrogen (secondary N) is 2. The van der Waals surface area contributed by atoms with Gasteiger partial charge in [-0.3, -0.25) is 4.84 Å². The highest BCUT2D eigenvalue weighted by molar-refractivity contribution is 5.85. The van der Waals surface area contributed by atoms with E-state index in [0.717, 1.165) is 62.1 Å². The fourth-order valence-electron chi connectivity index (χ4n) is 8.97. The Balaban J connectivity index is 1.22. The molecule has 5 rings (SSSR count). The quantitative estimate of drug-likeness (QED) is 0.232. The molecule has 6 heteroatoms. The SMILES string of the molecule is C/C(=N\OC(=O)NCC1NCCC1C)[C@H]1CC[C@H]2[C@@H]3CCC4=C[C@H](O)CC[C@]4(C)[C@H]3CC[C@]12C. The lowest BCUT2D eigenvalue weighted by Crippen LogP contribution is -2.51. The maximum absolute atomic E-state index is 12.3. The number of fused-ring (bicyclic) bond motifs is 5. The molecule has 6 nitrogen and oxygen atoms in total. The van der Waals surface area contributed by atoms with Gasteiger partial charge in [0.15, 0.2) is 0 Å². The third-order valence-electron chi connectivity index (χ3n) is 11.0. The third kappa shape index (κ3) is 4.13. The highest BCUT2D eigenvalue weighted by atomic mass is 16.7. The molecular weight excluding hydrogens is 426 g/mol. The molecule has 2 unspecified atom stereocenters. The van der Waals surface area contributed by atoms with E-state index in [4.69, 9.17) is 4.84 Å². The number of carbonyl (C=O) groups excluding carboxylic acids is 1. The van der Waals surface area contributed by atoms with Crippen LogP contribution < -0.4 is 10.6 Å². The number of allylic oxidation sites excluding steroid dienone is 1. The van der Waals surface area contributed by atoms with Gasteiger partial charge in [0.1, 0.15) is 0 Å². The van der Waals surface area contributed by atoms with E-state index in [9.17, 15) is 9.90 Å². The van der Waals surface area contributed by atoms with Gasteiger partial charge in [0, 0.05) is 18.5 Å². The summed E-state index contributed by atoms with van der Waals surface area (Å²) in [5, 5.41) is 20.9. The Kier molecular flexibility index (Phi) is 6.60. The second kappa shape index (κ2) is 9.24. The van der Waals surface area contributed by atoms with Crippen molar-refractivity contribution in [1.82, 2.24) is 10.6 Å². The van der Waals surface area contributed by atoms with Gasteiger partial charge >= 0.3 is 6.09 Å². The van der Waals surface area contributed by atoms with Crippen molar-refractivity contribution in [3.05, 3.63) is 11.6 Å². The lowest BCUT2D eigenvalue weighted by Gasteiger charge is -2.58. The Hall–Kier alpha value is -1.40. The maximum Gasteiger partial charge on any atom is 0.433 e. The Morgan fingerprint density at radius 3 is 2.76 bits per heavy atom. The van der Waals surface area contributed by atoms with Crippen molar-refractivity contribution >= 4 is 11.8 Å². The second-order valence-corrected chi connectivity index (χ2v) is 12.6. The number of aliphatic hydroxyl groups is 1. The minimum absolute atomic E-state index is 0.238. The summed E-state index contributed by atoms with van der Waals surface area (Å²) in [4.78, 5) is 17.6. The first-order chi connectivity index (χ1) is 16.2. The van der Waals surface area contributed by atoms with Gasteiger partial charge in [0.25, 0.3) is 0 Å². The molecule has 0 aromatic rings. The summed E-state index contributed by atoms with van der Waals surface area (Å²) < 4.78 is 0. The number of rotatable bonds is 4. The molecule has 0 bridgehead atoms. The van der Waals surface area contributed by atoms with Gasteiger partial charge in [0.05, 0.1) is 11.8 Å². The fourth-order valence-corrected chi connectivity index (χ4v) is 8.97. The van der Waals surface area contributed by atoms with E-state index in [-0.39, 0.29) is 16.9 Å². The van der Waals surface area contributed by atoms with E-state index in [1.54, 1.807) is 0 Å². The van der Waals surface area contributed by atoms with E-state index in [1.807, 2.05) is 0 Å². The van der Waals surface area contributed by atoms with Crippen molar-refractivity contribution in [3.63, 3.8) is 0 Å². The van der Waals surface area contributed by atoms with Crippen molar-refractivity contribution < 1.29 is 14.7 Å². The van der Waals surface area contributed by atoms with Crippen molar-refractivity contribution in [1.29, 1.82) is 0 Å². The zero-order valence-corrected chi connectivity index (χ0v) is 21.6. The average molecular weight is 472 g/mol. The predicted octanol–water partition coefficient (Wildman–Crippen LogP) is 5.03. The Bertz CT molecular complexity index is 856. The fraction of sp³-hybridized carbons (Fsp3) is 0.857. The average Bonchev–Trinajstić information content (AvgIpc) is 3.38. The molecule has 190 valence electrons. The Labute approximate surface area is 205 Å². The van der Waals surface area contributed by atoms with E-state index in [2.05, 4.69) is 49.6 Å². The molecule has 1 saturated heterocycles. The molecule has 3 N–H and O–H groups in total. The standard InChI is InChI=1S/C28H45N3O3/c1-17-11-14-29-25(17)16-30-26(33)34-31-18(2)22-7-8-23-21-6-5-19-15-20(32)9-12-27(19,3)24(21)10-13-28(22,23)4/h15,17,20-25,29,32H,5-14,16H2,1-4H3,(H,30,33)/b31-18+/t17?,20-,21+,22-,23+,24+,25?,27+,28-/m1/s1. The second-order valence-electron chi connectivity index (χ2n) is 12.6. The molecule has 34 heavy (non-hydrogen) atoms. The lowest BCUT2D eigenvalue weighted by atomic mass is 9.46. The van der Waals surface area contributed by atoms with Crippen LogP contribution in [0.15, 0.2) is 16.8 Å². The first-order valence-electron chi connectivity index (χ1n) is 13.8. The van der Waals surface area contributed by atoms with Crippen molar-refractivity contribution in [3.8, 4) is 0 Å². The molecule has 3 saturated carbocycles. The van der Waals surface area contributed by atoms with Gasteiger partial charge in [-0.2, -0.15) is 0 Å². The topological polar surface area (TPSA) is 83.0 Å². The molecule has 0 radical (unpaired) electrons. The van der Waals surface area contributed by atoms with Crippen LogP contribution in [-0.4, -0.2) is 42.1 Å². The molecule has 5 aliphatic rings. The first kappa shape index (κ1) is 24.3. The van der Waals surface area contributed by atoms with Crippen LogP contribution in [0.3, 0.4) is 0 Å². The number of hydrogen-bond donors (Lipinski definition) is 3. The zero-order valence-electron chi connectivity index (χ0n) is 21.6. The molecule has 1 heterocycles. The molecule has 1 amide bonds. The number of hydrogen-bond acceptors (Lipinski definition) is 5. The van der Waals surface area contributed by atoms with E-state index in [0.29, 0.717) is 24.4 Å². The minimum atomic E-state index is -0.442. The van der Waals surface area contributed by atoms with Gasteiger partial charge in [-0.25, -0.2) is 4.79 Å². The number of aliphatic hydroxyl groups excluding tert-OH is 1. The van der Waals surface area contributed by atoms with Crippen LogP contribution in [0, 0.1) is 40.4 Å². The third-order valence-corrected chi connectivity index (χ3v) is 11.0. The molecule has 0 spiro atoms. The van der Waals surface area contributed by atoms with Crippen LogP contribution >= 0.6 is 0 Å². The summed E-state index contributed by atoms with van der Waals surface area (Å²) in [5.74, 6) is 3.18. The van der Waals surface area contributed by atoms with Gasteiger partial charge in [-0.1, -0.05) is 37.6 Å². The summed E-state index contributed by atoms with van der Waals surface area (Å²) in [6, 6.07) is 0.322. The minimum Gasteiger partial charge on any atom is -0.389 e. The first-order valence-corrected chi connectivity index (χ1v) is 13.8. The molecule has 4 fully saturated rings. The van der Waals surface area contributed by atoms with Gasteiger partial charge in [0.2, 0.25) is 0 Å². The lowest BCUT2D eigenvalue weighted by molar-refractivity contribution is -0.0479. The van der Waals surface area contributed by atoms with Crippen molar-refractivity contribution in [2.75, 3.05) is 13.1 Å². The van der Waals surface area contributed by atoms with E-state index >= 15 is 0 Å². The van der Waals surface area contributed by atoms with Crippen LogP contribution in [-0.2, 0) is 4.84 Å². The van der Waals surface area contributed by atoms with Crippen molar-refractivity contribution in [2.45, 2.75) is 97.6 Å². The monoisotopic (exact) mass is 471 g/mol. The van der Waals surface area contributed by atoms with E-state index in [1.165, 1.54) is 31.3 Å². The van der Waals surface area contributed by atoms with Crippen molar-refractivity contribution in [2.24, 2.45) is 45.6 Å². The summed E-state index contributed by atoms with van der Waals surface area (Å²) in [6.07, 6.45) is 12.0. The molecule has 9 atom stereocenters. The maximum atomic E-state index is 12.3. The number of oxime groups is 1. The highest BCUT2D eigenvalue weighted by Gasteiger charge is 2.59. The van der Waals surface area contributed by atoms with Crippen LogP contribution in [0.4, 0.5) is 4.79 Å². The van der Waals surface area contributed by atoms with Gasteiger partial charge in [-0.15, -0.1) is 0 Å². The van der Waals surface area contributed by atoms with Crippen LogP contribution in [0.1, 0.15) is 85.5 Å². The molecule has 1 aliphatic heterocycles. The number of amides is 1. The molecule has 4 aliphatic carbocycles. The number of nitrogens with zero attached hydrogens (tertiary/aromatic N) is 1. The summed E-state index contributed by atoms with van der Waals surface area (Å²) in [6.45, 7) is 10.8. The molecule has 0 aromatic carbocycles. The molecule has 0 aromatic heterocycles. The van der Waals surface area contributed by atoms with Gasteiger partial charge in [-0.05, 0) is 106 Å².